The second-order valence-electron chi connectivity index (χ2n) is 5.35. The summed E-state index contributed by atoms with van der Waals surface area (Å²) in [6.07, 6.45) is 3.35. The second kappa shape index (κ2) is 9.65. The number of amides is 1. The van der Waals surface area contributed by atoms with E-state index in [0.29, 0.717) is 31.1 Å². The number of carbonyl (C=O) groups excluding carboxylic acids is 1. The monoisotopic (exact) mass is 408 g/mol. The Morgan fingerprint density at radius 3 is 2.55 bits per heavy atom. The first-order chi connectivity index (χ1) is 10.1. The molecule has 0 spiro atoms. The summed E-state index contributed by atoms with van der Waals surface area (Å²) in [5, 5.41) is 2.98. The molecule has 7 heteroatoms. The van der Waals surface area contributed by atoms with Crippen molar-refractivity contribution in [3.63, 3.8) is 0 Å². The fourth-order valence-electron chi connectivity index (χ4n) is 2.21. The zero-order valence-corrected chi connectivity index (χ0v) is 15.5. The quantitative estimate of drug-likeness (QED) is 0.693. The van der Waals surface area contributed by atoms with Crippen molar-refractivity contribution in [1.82, 2.24) is 5.32 Å². The second-order valence-corrected chi connectivity index (χ2v) is 7.84. The van der Waals surface area contributed by atoms with Crippen LogP contribution in [-0.4, -0.2) is 28.5 Å². The van der Waals surface area contributed by atoms with Gasteiger partial charge in [0.2, 0.25) is 5.91 Å². The molecule has 3 N–H and O–H groups in total. The molecule has 1 aliphatic carbocycles. The van der Waals surface area contributed by atoms with E-state index in [9.17, 15) is 9.00 Å². The van der Waals surface area contributed by atoms with Crippen LogP contribution in [0.2, 0.25) is 0 Å². The summed E-state index contributed by atoms with van der Waals surface area (Å²) in [5.74, 6) is 1.09. The molecule has 0 aromatic heterocycles. The summed E-state index contributed by atoms with van der Waals surface area (Å²) in [6.45, 7) is 0.501. The van der Waals surface area contributed by atoms with Crippen LogP contribution in [0.15, 0.2) is 33.6 Å². The zero-order valence-electron chi connectivity index (χ0n) is 12.3. The third-order valence-electron chi connectivity index (χ3n) is 3.60. The minimum atomic E-state index is -1.04. The van der Waals surface area contributed by atoms with Gasteiger partial charge in [0.1, 0.15) is 0 Å². The lowest BCUT2D eigenvalue weighted by Crippen LogP contribution is -2.41. The molecule has 0 bridgehead atoms. The fourth-order valence-corrected chi connectivity index (χ4v) is 3.56. The highest BCUT2D eigenvalue weighted by Crippen LogP contribution is 2.32. The van der Waals surface area contributed by atoms with Crippen molar-refractivity contribution in [3.05, 3.63) is 28.7 Å². The highest BCUT2D eigenvalue weighted by atomic mass is 79.9. The van der Waals surface area contributed by atoms with Gasteiger partial charge in [0, 0.05) is 34.1 Å². The van der Waals surface area contributed by atoms with Gasteiger partial charge >= 0.3 is 0 Å². The minimum absolute atomic E-state index is 0. The molecule has 1 aromatic carbocycles. The van der Waals surface area contributed by atoms with Gasteiger partial charge in [-0.25, -0.2) is 0 Å². The van der Waals surface area contributed by atoms with E-state index in [1.54, 1.807) is 0 Å². The van der Waals surface area contributed by atoms with Gasteiger partial charge in [-0.05, 0) is 49.4 Å². The van der Waals surface area contributed by atoms with Gasteiger partial charge in [0.05, 0.1) is 10.8 Å². The van der Waals surface area contributed by atoms with Crippen LogP contribution in [0.3, 0.4) is 0 Å². The molecule has 1 aromatic rings. The lowest BCUT2D eigenvalue weighted by atomic mass is 10.2. The Hall–Kier alpha value is -0.430. The van der Waals surface area contributed by atoms with E-state index < -0.39 is 10.8 Å². The number of carbonyl (C=O) groups is 1. The van der Waals surface area contributed by atoms with Crippen molar-refractivity contribution in [2.24, 2.45) is 11.7 Å². The molecule has 0 aliphatic heterocycles. The van der Waals surface area contributed by atoms with Crippen LogP contribution in [0, 0.1) is 5.92 Å². The molecule has 1 saturated carbocycles. The highest BCUT2D eigenvalue weighted by molar-refractivity contribution is 9.10. The number of nitrogens with one attached hydrogen (secondary N) is 1. The molecule has 124 valence electrons. The van der Waals surface area contributed by atoms with Gasteiger partial charge in [-0.15, -0.1) is 12.4 Å². The summed E-state index contributed by atoms with van der Waals surface area (Å²) in [4.78, 5) is 12.6. The Morgan fingerprint density at radius 1 is 1.36 bits per heavy atom. The number of hydrogen-bond donors (Lipinski definition) is 2. The van der Waals surface area contributed by atoms with E-state index in [0.717, 1.165) is 22.2 Å². The average Bonchev–Trinajstić information content (AvgIpc) is 3.30. The standard InChI is InChI=1S/C15H21BrN2O2S.ClH/c16-12-5-7-13(8-6-12)21(20)9-1-2-15(19)18-14(10-17)11-3-4-11;/h5-8,11,14H,1-4,9-10,17H2,(H,18,19);1H. The zero-order chi connectivity index (χ0) is 15.2. The number of nitrogens with two attached hydrogens (primary N) is 1. The Morgan fingerprint density at radius 2 is 2.00 bits per heavy atom. The summed E-state index contributed by atoms with van der Waals surface area (Å²) in [7, 11) is -1.04. The lowest BCUT2D eigenvalue weighted by Gasteiger charge is -2.15. The van der Waals surface area contributed by atoms with Crippen molar-refractivity contribution in [2.75, 3.05) is 12.3 Å². The highest BCUT2D eigenvalue weighted by Gasteiger charge is 2.30. The van der Waals surface area contributed by atoms with Crippen molar-refractivity contribution in [3.8, 4) is 0 Å². The Labute approximate surface area is 148 Å². The smallest absolute Gasteiger partial charge is 0.220 e. The van der Waals surface area contributed by atoms with Crippen molar-refractivity contribution < 1.29 is 9.00 Å². The van der Waals surface area contributed by atoms with Gasteiger partial charge in [-0.1, -0.05) is 15.9 Å². The molecule has 0 heterocycles. The first kappa shape index (κ1) is 19.6. The van der Waals surface area contributed by atoms with Gasteiger partial charge < -0.3 is 11.1 Å². The van der Waals surface area contributed by atoms with Crippen LogP contribution >= 0.6 is 28.3 Å². The number of benzene rings is 1. The Bertz CT molecular complexity index is 509. The topological polar surface area (TPSA) is 72.2 Å². The molecule has 2 atom stereocenters. The van der Waals surface area contributed by atoms with Crippen LogP contribution < -0.4 is 11.1 Å². The molecule has 22 heavy (non-hydrogen) atoms. The summed E-state index contributed by atoms with van der Waals surface area (Å²) < 4.78 is 13.0. The first-order valence-corrected chi connectivity index (χ1v) is 9.34. The van der Waals surface area contributed by atoms with Crippen LogP contribution in [0.25, 0.3) is 0 Å². The largest absolute Gasteiger partial charge is 0.352 e. The molecule has 4 nitrogen and oxygen atoms in total. The summed E-state index contributed by atoms with van der Waals surface area (Å²) in [6, 6.07) is 7.56. The Balaban J connectivity index is 0.00000242. The minimum Gasteiger partial charge on any atom is -0.352 e. The van der Waals surface area contributed by atoms with Crippen LogP contribution in [0.1, 0.15) is 25.7 Å². The summed E-state index contributed by atoms with van der Waals surface area (Å²) >= 11 is 3.35. The van der Waals surface area contributed by atoms with E-state index in [1.165, 1.54) is 0 Å². The predicted octanol–water partition coefficient (Wildman–Crippen LogP) is 2.61. The molecule has 0 saturated heterocycles. The van der Waals surface area contributed by atoms with E-state index >= 15 is 0 Å². The average molecular weight is 410 g/mol. The number of hydrogen-bond acceptors (Lipinski definition) is 3. The maximum atomic E-state index is 12.1. The lowest BCUT2D eigenvalue weighted by molar-refractivity contribution is -0.121. The maximum absolute atomic E-state index is 12.1. The molecule has 1 fully saturated rings. The van der Waals surface area contributed by atoms with Gasteiger partial charge in [0.25, 0.3) is 0 Å². The van der Waals surface area contributed by atoms with Crippen molar-refractivity contribution >= 4 is 45.0 Å². The van der Waals surface area contributed by atoms with Crippen molar-refractivity contribution in [2.45, 2.75) is 36.6 Å². The maximum Gasteiger partial charge on any atom is 0.220 e. The molecular weight excluding hydrogens is 388 g/mol. The first-order valence-electron chi connectivity index (χ1n) is 7.23. The van der Waals surface area contributed by atoms with E-state index in [1.807, 2.05) is 24.3 Å². The van der Waals surface area contributed by atoms with Crippen LogP contribution in [-0.2, 0) is 15.6 Å². The molecule has 2 unspecified atom stereocenters. The molecular formula is C15H22BrClN2O2S. The third kappa shape index (κ3) is 6.36. The molecule has 0 radical (unpaired) electrons. The fraction of sp³-hybridized carbons (Fsp3) is 0.533. The van der Waals surface area contributed by atoms with Gasteiger partial charge in [-0.2, -0.15) is 0 Å². The Kier molecular flexibility index (Phi) is 8.61. The number of rotatable bonds is 8. The van der Waals surface area contributed by atoms with Crippen LogP contribution in [0.4, 0.5) is 0 Å². The predicted molar refractivity (Wildman–Crippen MR) is 95.6 cm³/mol. The van der Waals surface area contributed by atoms with Gasteiger partial charge in [-0.3, -0.25) is 9.00 Å². The third-order valence-corrected chi connectivity index (χ3v) is 5.59. The van der Waals surface area contributed by atoms with Crippen LogP contribution in [0.5, 0.6) is 0 Å². The van der Waals surface area contributed by atoms with E-state index in [2.05, 4.69) is 21.2 Å². The SMILES string of the molecule is Cl.NCC(NC(=O)CCCS(=O)c1ccc(Br)cc1)C1CC1. The van der Waals surface area contributed by atoms with Crippen molar-refractivity contribution in [1.29, 1.82) is 0 Å². The van der Waals surface area contributed by atoms with E-state index in [-0.39, 0.29) is 24.4 Å². The molecule has 1 aliphatic rings. The summed E-state index contributed by atoms with van der Waals surface area (Å²) in [5.41, 5.74) is 5.66. The molecule has 2 rings (SSSR count). The van der Waals surface area contributed by atoms with Gasteiger partial charge in [0.15, 0.2) is 0 Å². The normalized spacial score (nSPS) is 16.5. The number of halogens is 2. The molecule has 1 amide bonds. The van der Waals surface area contributed by atoms with E-state index in [4.69, 9.17) is 5.73 Å².